The van der Waals surface area contributed by atoms with E-state index in [-0.39, 0.29) is 10.8 Å². The van der Waals surface area contributed by atoms with Crippen LogP contribution in [-0.2, 0) is 10.9 Å². The van der Waals surface area contributed by atoms with Crippen LogP contribution in [0.3, 0.4) is 0 Å². The number of rotatable bonds is 3. The lowest BCUT2D eigenvalue weighted by Crippen LogP contribution is -2.33. The molecule has 0 aliphatic carbocycles. The van der Waals surface area contributed by atoms with Crippen LogP contribution in [0.2, 0.25) is 0 Å². The number of halogens is 4. The number of alkyl halides is 3. The fourth-order valence-electron chi connectivity index (χ4n) is 1.57. The summed E-state index contributed by atoms with van der Waals surface area (Å²) in [6, 6.07) is 0.531. The number of carbonyl (C=O) groups excluding carboxylic acids is 1. The maximum atomic E-state index is 13.3. The molecule has 2 aromatic heterocycles. The molecule has 5 nitrogen and oxygen atoms in total. The van der Waals surface area contributed by atoms with E-state index < -0.39 is 29.3 Å². The number of thiazole rings is 1. The van der Waals surface area contributed by atoms with Crippen LogP contribution >= 0.6 is 23.3 Å². The van der Waals surface area contributed by atoms with E-state index in [0.717, 1.165) is 4.31 Å². The number of pyridine rings is 1. The first-order valence-corrected chi connectivity index (χ1v) is 8.51. The van der Waals surface area contributed by atoms with Gasteiger partial charge in [0.25, 0.3) is 0 Å². The summed E-state index contributed by atoms with van der Waals surface area (Å²) in [7, 11) is 0. The van der Waals surface area contributed by atoms with Crippen molar-refractivity contribution < 1.29 is 27.1 Å². The summed E-state index contributed by atoms with van der Waals surface area (Å²) in [5.74, 6) is -1.32. The number of hydrogen-bond donors (Lipinski definition) is 0. The molecule has 2 rings (SSSR count). The number of anilines is 1. The molecule has 0 aliphatic heterocycles. The minimum atomic E-state index is -4.88. The van der Waals surface area contributed by atoms with Crippen molar-refractivity contribution in [2.24, 2.45) is 0 Å². The lowest BCUT2D eigenvalue weighted by Gasteiger charge is -2.25. The van der Waals surface area contributed by atoms with Crippen LogP contribution in [0.25, 0.3) is 0 Å². The number of aromatic nitrogens is 2. The van der Waals surface area contributed by atoms with Gasteiger partial charge in [0.1, 0.15) is 10.6 Å². The van der Waals surface area contributed by atoms with Crippen LogP contribution in [0.15, 0.2) is 28.2 Å². The molecule has 0 radical (unpaired) electrons. The van der Waals surface area contributed by atoms with Crippen molar-refractivity contribution in [3.63, 3.8) is 0 Å². The molecule has 25 heavy (non-hydrogen) atoms. The van der Waals surface area contributed by atoms with Crippen molar-refractivity contribution >= 4 is 35.2 Å². The highest BCUT2D eigenvalue weighted by Crippen LogP contribution is 2.35. The molecule has 0 unspecified atom stereocenters. The maximum Gasteiger partial charge on any atom is 0.426 e. The van der Waals surface area contributed by atoms with E-state index in [4.69, 9.17) is 4.74 Å². The van der Waals surface area contributed by atoms with Gasteiger partial charge >= 0.3 is 12.3 Å². The summed E-state index contributed by atoms with van der Waals surface area (Å²) in [6.45, 7) is 4.94. The van der Waals surface area contributed by atoms with Gasteiger partial charge in [-0.05, 0) is 26.8 Å². The molecule has 0 bridgehead atoms. The first kappa shape index (κ1) is 19.4. The molecule has 2 heterocycles. The monoisotopic (exact) mass is 395 g/mol. The third-order valence-corrected chi connectivity index (χ3v) is 4.01. The van der Waals surface area contributed by atoms with Crippen LogP contribution in [0.1, 0.15) is 26.3 Å². The lowest BCUT2D eigenvalue weighted by atomic mass is 10.2. The number of ether oxygens (including phenoxy) is 1. The average molecular weight is 395 g/mol. The molecule has 0 aromatic carbocycles. The van der Waals surface area contributed by atoms with Gasteiger partial charge in [0.05, 0.1) is 17.3 Å². The highest BCUT2D eigenvalue weighted by molar-refractivity contribution is 8.01. The lowest BCUT2D eigenvalue weighted by molar-refractivity contribution is -0.140. The van der Waals surface area contributed by atoms with Crippen molar-refractivity contribution in [3.05, 3.63) is 34.5 Å². The van der Waals surface area contributed by atoms with E-state index >= 15 is 0 Å². The zero-order valence-corrected chi connectivity index (χ0v) is 14.9. The van der Waals surface area contributed by atoms with Gasteiger partial charge in [-0.3, -0.25) is 0 Å². The Hall–Kier alpha value is -1.88. The fraction of sp³-hybridized carbons (Fsp3) is 0.357. The second-order valence-electron chi connectivity index (χ2n) is 5.71. The zero-order valence-electron chi connectivity index (χ0n) is 13.3. The van der Waals surface area contributed by atoms with Crippen molar-refractivity contribution in [1.29, 1.82) is 0 Å². The molecule has 0 spiro atoms. The maximum absolute atomic E-state index is 13.3. The Morgan fingerprint density at radius 2 is 1.96 bits per heavy atom. The smallest absolute Gasteiger partial charge is 0.426 e. The average Bonchev–Trinajstić information content (AvgIpc) is 2.97. The largest absolute Gasteiger partial charge is 0.443 e. The predicted octanol–water partition coefficient (Wildman–Crippen LogP) is 5.14. The second-order valence-corrected chi connectivity index (χ2v) is 7.40. The van der Waals surface area contributed by atoms with Gasteiger partial charge < -0.3 is 4.74 Å². The standard InChI is InChI=1S/C14H13F4N3O2S2/c1-13(2,3)23-12(22)21(10-6-24-7-20-10)25-11-4-8(14(16,17)18)9(15)5-19-11/h4-7H,1-3H3. The zero-order chi connectivity index (χ0) is 18.8. The Bertz CT molecular complexity index is 746. The molecule has 2 aromatic rings. The Morgan fingerprint density at radius 1 is 1.28 bits per heavy atom. The van der Waals surface area contributed by atoms with Gasteiger partial charge in [-0.1, -0.05) is 0 Å². The van der Waals surface area contributed by atoms with E-state index in [0.29, 0.717) is 24.2 Å². The quantitative estimate of drug-likeness (QED) is 0.532. The topological polar surface area (TPSA) is 55.3 Å². The van der Waals surface area contributed by atoms with Gasteiger partial charge in [-0.25, -0.2) is 19.2 Å². The highest BCUT2D eigenvalue weighted by atomic mass is 32.2. The van der Waals surface area contributed by atoms with Crippen molar-refractivity contribution in [1.82, 2.24) is 9.97 Å². The molecule has 0 saturated carbocycles. The Kier molecular flexibility index (Phi) is 5.57. The van der Waals surface area contributed by atoms with E-state index in [1.807, 2.05) is 0 Å². The Morgan fingerprint density at radius 3 is 2.48 bits per heavy atom. The van der Waals surface area contributed by atoms with Gasteiger partial charge in [0.15, 0.2) is 11.6 Å². The normalized spacial score (nSPS) is 12.1. The van der Waals surface area contributed by atoms with Crippen LogP contribution in [-0.4, -0.2) is 21.7 Å². The molecule has 0 aliphatic rings. The minimum Gasteiger partial charge on any atom is -0.443 e. The second kappa shape index (κ2) is 7.16. The number of carbonyl (C=O) groups is 1. The minimum absolute atomic E-state index is 0.170. The highest BCUT2D eigenvalue weighted by Gasteiger charge is 2.35. The van der Waals surface area contributed by atoms with Crippen molar-refractivity contribution in [2.45, 2.75) is 37.6 Å². The molecule has 0 atom stereocenters. The van der Waals surface area contributed by atoms with Gasteiger partial charge in [0, 0.05) is 17.3 Å². The summed E-state index contributed by atoms with van der Waals surface area (Å²) >= 11 is 1.75. The summed E-state index contributed by atoms with van der Waals surface area (Å²) in [5.41, 5.74) is -0.835. The molecule has 11 heteroatoms. The molecule has 0 N–H and O–H groups in total. The third-order valence-electron chi connectivity index (χ3n) is 2.51. The van der Waals surface area contributed by atoms with Crippen molar-refractivity contribution in [3.8, 4) is 0 Å². The Labute approximate surface area is 149 Å². The summed E-state index contributed by atoms with van der Waals surface area (Å²) in [6.07, 6.45) is -5.25. The van der Waals surface area contributed by atoms with Crippen LogP contribution in [0.4, 0.5) is 28.2 Å². The van der Waals surface area contributed by atoms with Crippen molar-refractivity contribution in [2.75, 3.05) is 4.31 Å². The van der Waals surface area contributed by atoms with Gasteiger partial charge in [-0.2, -0.15) is 17.5 Å². The van der Waals surface area contributed by atoms with Crippen LogP contribution in [0, 0.1) is 5.82 Å². The number of nitrogens with zero attached hydrogens (tertiary/aromatic N) is 3. The van der Waals surface area contributed by atoms with Gasteiger partial charge in [-0.15, -0.1) is 11.3 Å². The van der Waals surface area contributed by atoms with E-state index in [1.54, 1.807) is 20.8 Å². The predicted molar refractivity (Wildman–Crippen MR) is 85.9 cm³/mol. The summed E-state index contributed by atoms with van der Waals surface area (Å²) in [4.78, 5) is 19.9. The fourth-order valence-corrected chi connectivity index (χ4v) is 2.91. The van der Waals surface area contributed by atoms with E-state index in [1.165, 1.54) is 22.2 Å². The first-order valence-electron chi connectivity index (χ1n) is 6.79. The summed E-state index contributed by atoms with van der Waals surface area (Å²) < 4.78 is 58.0. The number of amides is 1. The third kappa shape index (κ3) is 5.30. The first-order chi connectivity index (χ1) is 11.5. The molecule has 1 amide bonds. The molecule has 0 saturated heterocycles. The van der Waals surface area contributed by atoms with E-state index in [9.17, 15) is 22.4 Å². The molecule has 136 valence electrons. The molecule has 0 fully saturated rings. The SMILES string of the molecule is CC(C)(C)OC(=O)N(Sc1cc(C(F)(F)F)c(F)cn1)c1cscn1. The number of hydrogen-bond acceptors (Lipinski definition) is 6. The summed E-state index contributed by atoms with van der Waals surface area (Å²) in [5, 5.41) is 1.29. The molecular formula is C14H13F4N3O2S2. The van der Waals surface area contributed by atoms with Crippen LogP contribution in [0.5, 0.6) is 0 Å². The van der Waals surface area contributed by atoms with Gasteiger partial charge in [0.2, 0.25) is 0 Å². The molecular weight excluding hydrogens is 382 g/mol. The van der Waals surface area contributed by atoms with E-state index in [2.05, 4.69) is 9.97 Å². The Balaban J connectivity index is 2.33. The van der Waals surface area contributed by atoms with Crippen LogP contribution < -0.4 is 4.31 Å².